The Kier molecular flexibility index (Phi) is 4.20. The third-order valence-electron chi connectivity index (χ3n) is 3.96. The van der Waals surface area contributed by atoms with Gasteiger partial charge in [-0.15, -0.1) is 0 Å². The molecule has 3 rings (SSSR count). The summed E-state index contributed by atoms with van der Waals surface area (Å²) in [6.45, 7) is 0.331. The van der Waals surface area contributed by atoms with E-state index in [4.69, 9.17) is 11.5 Å². The van der Waals surface area contributed by atoms with Crippen molar-refractivity contribution in [3.05, 3.63) is 30.5 Å². The number of aldehydes is 1. The van der Waals surface area contributed by atoms with Gasteiger partial charge in [0.15, 0.2) is 11.8 Å². The number of sulfonamides is 1. The Morgan fingerprint density at radius 1 is 1.33 bits per heavy atom. The summed E-state index contributed by atoms with van der Waals surface area (Å²) < 4.78 is 26.9. The third kappa shape index (κ3) is 2.83. The molecule has 2 aromatic rings. The van der Waals surface area contributed by atoms with E-state index in [-0.39, 0.29) is 16.7 Å². The Hall–Kier alpha value is -2.52. The Bertz CT molecular complexity index is 922. The number of carbonyl (C=O) groups is 1. The molecule has 4 N–H and O–H groups in total. The summed E-state index contributed by atoms with van der Waals surface area (Å²) in [4.78, 5) is 19.2. The largest absolute Gasteiger partial charge is 0.370 e. The molecule has 2 heterocycles. The van der Waals surface area contributed by atoms with E-state index in [0.29, 0.717) is 31.1 Å². The van der Waals surface area contributed by atoms with Crippen molar-refractivity contribution >= 4 is 38.9 Å². The second-order valence-corrected chi connectivity index (χ2v) is 7.41. The van der Waals surface area contributed by atoms with E-state index >= 15 is 0 Å². The molecule has 0 unspecified atom stereocenters. The van der Waals surface area contributed by atoms with Crippen LogP contribution in [0.25, 0.3) is 10.8 Å². The number of hydrogen-bond acceptors (Lipinski definition) is 5. The fourth-order valence-electron chi connectivity index (χ4n) is 2.84. The third-order valence-corrected chi connectivity index (χ3v) is 5.88. The van der Waals surface area contributed by atoms with Gasteiger partial charge in [-0.05, 0) is 36.4 Å². The zero-order chi connectivity index (χ0) is 17.3. The molecule has 1 aliphatic heterocycles. The maximum Gasteiger partial charge on any atom is 0.243 e. The maximum absolute atomic E-state index is 12.8. The molecule has 24 heavy (non-hydrogen) atoms. The Labute approximate surface area is 139 Å². The SMILES string of the molecule is NC(N)=Nc1nccc2ccc(S(=O)(=O)N3CCC[C@@H]3C=O)cc12. The van der Waals surface area contributed by atoms with E-state index < -0.39 is 16.1 Å². The highest BCUT2D eigenvalue weighted by molar-refractivity contribution is 7.89. The summed E-state index contributed by atoms with van der Waals surface area (Å²) in [5.41, 5.74) is 10.8. The van der Waals surface area contributed by atoms with Gasteiger partial charge in [0.2, 0.25) is 10.0 Å². The number of nitrogens with two attached hydrogens (primary N) is 2. The van der Waals surface area contributed by atoms with Crippen molar-refractivity contribution in [3.63, 3.8) is 0 Å². The van der Waals surface area contributed by atoms with Crippen molar-refractivity contribution in [2.24, 2.45) is 16.5 Å². The first-order chi connectivity index (χ1) is 11.4. The van der Waals surface area contributed by atoms with Crippen molar-refractivity contribution in [2.45, 2.75) is 23.8 Å². The number of rotatable bonds is 4. The van der Waals surface area contributed by atoms with E-state index in [1.807, 2.05) is 0 Å². The van der Waals surface area contributed by atoms with Crippen LogP contribution in [0.1, 0.15) is 12.8 Å². The number of benzene rings is 1. The monoisotopic (exact) mass is 347 g/mol. The predicted octanol–water partition coefficient (Wildman–Crippen LogP) is 0.492. The van der Waals surface area contributed by atoms with Crippen LogP contribution in [-0.4, -0.2) is 42.5 Å². The Morgan fingerprint density at radius 3 is 2.83 bits per heavy atom. The molecule has 0 bridgehead atoms. The van der Waals surface area contributed by atoms with E-state index in [1.165, 1.54) is 16.4 Å². The predicted molar refractivity (Wildman–Crippen MR) is 90.2 cm³/mol. The molecule has 8 nitrogen and oxygen atoms in total. The molecule has 1 atom stereocenters. The minimum atomic E-state index is -3.77. The fraction of sp³-hybridized carbons (Fsp3) is 0.267. The van der Waals surface area contributed by atoms with Gasteiger partial charge in [-0.1, -0.05) is 6.07 Å². The van der Waals surface area contributed by atoms with Gasteiger partial charge in [-0.2, -0.15) is 9.30 Å². The van der Waals surface area contributed by atoms with Gasteiger partial charge >= 0.3 is 0 Å². The van der Waals surface area contributed by atoms with Crippen LogP contribution in [0, 0.1) is 0 Å². The van der Waals surface area contributed by atoms with E-state index in [2.05, 4.69) is 9.98 Å². The number of aliphatic imine (C=N–C) groups is 1. The van der Waals surface area contributed by atoms with Gasteiger partial charge in [-0.3, -0.25) is 0 Å². The van der Waals surface area contributed by atoms with Crippen LogP contribution in [0.2, 0.25) is 0 Å². The molecule has 0 saturated carbocycles. The quantitative estimate of drug-likeness (QED) is 0.470. The summed E-state index contributed by atoms with van der Waals surface area (Å²) in [7, 11) is -3.77. The first kappa shape index (κ1) is 16.3. The summed E-state index contributed by atoms with van der Waals surface area (Å²) >= 11 is 0. The van der Waals surface area contributed by atoms with Crippen molar-refractivity contribution in [3.8, 4) is 0 Å². The second-order valence-electron chi connectivity index (χ2n) is 5.52. The molecule has 0 amide bonds. The molecule has 1 fully saturated rings. The zero-order valence-corrected chi connectivity index (χ0v) is 13.6. The van der Waals surface area contributed by atoms with Crippen LogP contribution < -0.4 is 11.5 Å². The first-order valence-corrected chi connectivity index (χ1v) is 8.83. The number of carbonyl (C=O) groups excluding carboxylic acids is 1. The Morgan fingerprint density at radius 2 is 2.12 bits per heavy atom. The molecule has 1 saturated heterocycles. The van der Waals surface area contributed by atoms with Crippen molar-refractivity contribution < 1.29 is 13.2 Å². The van der Waals surface area contributed by atoms with Crippen LogP contribution in [0.5, 0.6) is 0 Å². The number of aromatic nitrogens is 1. The normalized spacial score (nSPS) is 18.6. The average molecular weight is 347 g/mol. The summed E-state index contributed by atoms with van der Waals surface area (Å²) in [6, 6.07) is 5.79. The minimum Gasteiger partial charge on any atom is -0.370 e. The standard InChI is InChI=1S/C15H17N5O3S/c16-15(17)19-14-13-8-12(4-3-10(13)5-6-18-14)24(22,23)20-7-1-2-11(20)9-21/h3-6,8-9,11H,1-2,7H2,(H4,16,17,18,19)/t11-/m1/s1. The van der Waals surface area contributed by atoms with Crippen LogP contribution in [0.4, 0.5) is 5.82 Å². The van der Waals surface area contributed by atoms with Crippen LogP contribution in [-0.2, 0) is 14.8 Å². The lowest BCUT2D eigenvalue weighted by Crippen LogP contribution is -2.36. The molecule has 1 aromatic heterocycles. The Balaban J connectivity index is 2.13. The number of pyridine rings is 1. The lowest BCUT2D eigenvalue weighted by atomic mass is 10.1. The molecule has 9 heteroatoms. The highest BCUT2D eigenvalue weighted by Crippen LogP contribution is 2.30. The molecule has 1 aliphatic rings. The van der Waals surface area contributed by atoms with Crippen molar-refractivity contribution in [1.82, 2.24) is 9.29 Å². The summed E-state index contributed by atoms with van der Waals surface area (Å²) in [5.74, 6) is 0.0849. The highest BCUT2D eigenvalue weighted by atomic mass is 32.2. The van der Waals surface area contributed by atoms with E-state index in [9.17, 15) is 13.2 Å². The number of nitrogens with zero attached hydrogens (tertiary/aromatic N) is 3. The van der Waals surface area contributed by atoms with Crippen LogP contribution >= 0.6 is 0 Å². The number of fused-ring (bicyclic) bond motifs is 1. The van der Waals surface area contributed by atoms with E-state index in [0.717, 1.165) is 5.39 Å². The van der Waals surface area contributed by atoms with E-state index in [1.54, 1.807) is 18.3 Å². The highest BCUT2D eigenvalue weighted by Gasteiger charge is 2.35. The number of guanidine groups is 1. The van der Waals surface area contributed by atoms with Gasteiger partial charge < -0.3 is 16.3 Å². The topological polar surface area (TPSA) is 132 Å². The first-order valence-electron chi connectivity index (χ1n) is 7.39. The van der Waals surface area contributed by atoms with Crippen molar-refractivity contribution in [2.75, 3.05) is 6.54 Å². The van der Waals surface area contributed by atoms with Gasteiger partial charge in [-0.25, -0.2) is 13.4 Å². The van der Waals surface area contributed by atoms with Gasteiger partial charge in [0.25, 0.3) is 0 Å². The van der Waals surface area contributed by atoms with Gasteiger partial charge in [0.1, 0.15) is 6.29 Å². The minimum absolute atomic E-state index is 0.0868. The maximum atomic E-state index is 12.8. The number of hydrogen-bond donors (Lipinski definition) is 2. The van der Waals surface area contributed by atoms with Gasteiger partial charge in [0, 0.05) is 18.1 Å². The molecular formula is C15H17N5O3S. The molecule has 0 spiro atoms. The summed E-state index contributed by atoms with van der Waals surface area (Å²) in [5, 5.41) is 1.28. The van der Waals surface area contributed by atoms with Crippen molar-refractivity contribution in [1.29, 1.82) is 0 Å². The molecular weight excluding hydrogens is 330 g/mol. The van der Waals surface area contributed by atoms with Crippen LogP contribution in [0.15, 0.2) is 40.4 Å². The summed E-state index contributed by atoms with van der Waals surface area (Å²) in [6.07, 6.45) is 3.42. The average Bonchev–Trinajstić information content (AvgIpc) is 3.03. The molecule has 126 valence electrons. The lowest BCUT2D eigenvalue weighted by Gasteiger charge is -2.20. The molecule has 1 aromatic carbocycles. The second kappa shape index (κ2) is 6.17. The smallest absolute Gasteiger partial charge is 0.243 e. The van der Waals surface area contributed by atoms with Gasteiger partial charge in [0.05, 0.1) is 10.9 Å². The lowest BCUT2D eigenvalue weighted by molar-refractivity contribution is -0.110. The zero-order valence-electron chi connectivity index (χ0n) is 12.8. The molecule has 0 aliphatic carbocycles. The molecule has 0 radical (unpaired) electrons. The van der Waals surface area contributed by atoms with Crippen LogP contribution in [0.3, 0.4) is 0 Å². The fourth-order valence-corrected chi connectivity index (χ4v) is 4.50.